The Morgan fingerprint density at radius 1 is 1.50 bits per heavy atom. The van der Waals surface area contributed by atoms with E-state index in [0.29, 0.717) is 26.1 Å². The molecule has 2 rings (SSSR count). The Balaban J connectivity index is 1.93. The van der Waals surface area contributed by atoms with Gasteiger partial charge in [-0.2, -0.15) is 0 Å². The summed E-state index contributed by atoms with van der Waals surface area (Å²) in [5.74, 6) is -0.0197. The Morgan fingerprint density at radius 2 is 2.22 bits per heavy atom. The molecule has 0 saturated carbocycles. The Bertz CT molecular complexity index is 404. The Labute approximate surface area is 107 Å². The first kappa shape index (κ1) is 12.9. The maximum atomic E-state index is 11.4. The highest BCUT2D eigenvalue weighted by Crippen LogP contribution is 2.38. The minimum Gasteiger partial charge on any atom is -0.494 e. The van der Waals surface area contributed by atoms with E-state index in [1.54, 1.807) is 0 Å². The first-order chi connectivity index (χ1) is 8.65. The number of carbonyl (C=O) groups is 1. The van der Waals surface area contributed by atoms with Crippen molar-refractivity contribution in [2.75, 3.05) is 13.2 Å². The van der Waals surface area contributed by atoms with Gasteiger partial charge < -0.3 is 14.6 Å². The maximum Gasteiger partial charge on any atom is 0.312 e. The molecule has 2 unspecified atom stereocenters. The fourth-order valence-corrected chi connectivity index (χ4v) is 2.36. The summed E-state index contributed by atoms with van der Waals surface area (Å²) >= 11 is 0. The summed E-state index contributed by atoms with van der Waals surface area (Å²) in [4.78, 5) is 11.4. The van der Waals surface area contributed by atoms with Crippen LogP contribution in [0.2, 0.25) is 0 Å². The van der Waals surface area contributed by atoms with Crippen LogP contribution in [0.1, 0.15) is 19.8 Å². The van der Waals surface area contributed by atoms with Crippen molar-refractivity contribution in [2.24, 2.45) is 5.41 Å². The second kappa shape index (κ2) is 5.40. The van der Waals surface area contributed by atoms with Crippen LogP contribution in [0.4, 0.5) is 0 Å². The van der Waals surface area contributed by atoms with Gasteiger partial charge in [0.2, 0.25) is 0 Å². The summed E-state index contributed by atoms with van der Waals surface area (Å²) in [6.07, 6.45) is 0.773. The number of benzene rings is 1. The van der Waals surface area contributed by atoms with Crippen LogP contribution in [-0.4, -0.2) is 30.4 Å². The van der Waals surface area contributed by atoms with Crippen LogP contribution in [-0.2, 0) is 9.53 Å². The van der Waals surface area contributed by atoms with Gasteiger partial charge in [-0.15, -0.1) is 0 Å². The van der Waals surface area contributed by atoms with Gasteiger partial charge in [0, 0.05) is 13.0 Å². The van der Waals surface area contributed by atoms with Crippen LogP contribution in [0.25, 0.3) is 0 Å². The molecule has 1 saturated heterocycles. The SMILES string of the molecule is CC1OCCC1(CCOc1ccccc1)C(=O)O. The molecule has 0 spiro atoms. The molecule has 4 heteroatoms. The lowest BCUT2D eigenvalue weighted by Crippen LogP contribution is -2.38. The zero-order valence-electron chi connectivity index (χ0n) is 10.5. The molecule has 1 fully saturated rings. The Hall–Kier alpha value is -1.55. The van der Waals surface area contributed by atoms with Crippen molar-refractivity contribution in [2.45, 2.75) is 25.9 Å². The maximum absolute atomic E-state index is 11.4. The number of hydrogen-bond donors (Lipinski definition) is 1. The van der Waals surface area contributed by atoms with Crippen molar-refractivity contribution in [3.8, 4) is 5.75 Å². The smallest absolute Gasteiger partial charge is 0.312 e. The van der Waals surface area contributed by atoms with Crippen LogP contribution in [0, 0.1) is 5.41 Å². The molecule has 98 valence electrons. The summed E-state index contributed by atoms with van der Waals surface area (Å²) in [5.41, 5.74) is -0.797. The van der Waals surface area contributed by atoms with Crippen LogP contribution in [0.3, 0.4) is 0 Å². The number of aliphatic carboxylic acids is 1. The zero-order chi connectivity index (χ0) is 13.0. The van der Waals surface area contributed by atoms with Gasteiger partial charge in [0.05, 0.1) is 18.1 Å². The van der Waals surface area contributed by atoms with Gasteiger partial charge in [0.25, 0.3) is 0 Å². The molecule has 0 amide bonds. The highest BCUT2D eigenvalue weighted by Gasteiger charge is 2.48. The molecule has 2 atom stereocenters. The first-order valence-corrected chi connectivity index (χ1v) is 6.18. The molecule has 0 aromatic heterocycles. The predicted octanol–water partition coefficient (Wildman–Crippen LogP) is 2.34. The van der Waals surface area contributed by atoms with E-state index in [9.17, 15) is 9.90 Å². The van der Waals surface area contributed by atoms with E-state index >= 15 is 0 Å². The van der Waals surface area contributed by atoms with Crippen molar-refractivity contribution in [1.29, 1.82) is 0 Å². The molecular weight excluding hydrogens is 232 g/mol. The van der Waals surface area contributed by atoms with Gasteiger partial charge in [0.15, 0.2) is 0 Å². The highest BCUT2D eigenvalue weighted by atomic mass is 16.5. The minimum absolute atomic E-state index is 0.255. The summed E-state index contributed by atoms with van der Waals surface area (Å²) < 4.78 is 11.0. The molecule has 1 N–H and O–H groups in total. The second-order valence-electron chi connectivity index (χ2n) is 4.64. The van der Waals surface area contributed by atoms with E-state index in [-0.39, 0.29) is 6.10 Å². The quantitative estimate of drug-likeness (QED) is 0.871. The van der Waals surface area contributed by atoms with Gasteiger partial charge in [-0.1, -0.05) is 18.2 Å². The zero-order valence-corrected chi connectivity index (χ0v) is 10.5. The van der Waals surface area contributed by atoms with E-state index in [2.05, 4.69) is 0 Å². The van der Waals surface area contributed by atoms with Crippen molar-refractivity contribution in [3.63, 3.8) is 0 Å². The summed E-state index contributed by atoms with van der Waals surface area (Å²) in [6, 6.07) is 9.43. The highest BCUT2D eigenvalue weighted by molar-refractivity contribution is 5.75. The fourth-order valence-electron chi connectivity index (χ4n) is 2.36. The molecule has 0 aliphatic carbocycles. The van der Waals surface area contributed by atoms with Crippen molar-refractivity contribution >= 4 is 5.97 Å². The van der Waals surface area contributed by atoms with Crippen molar-refractivity contribution in [3.05, 3.63) is 30.3 Å². The molecule has 1 heterocycles. The van der Waals surface area contributed by atoms with Gasteiger partial charge in [-0.3, -0.25) is 4.79 Å². The molecule has 1 aromatic rings. The third-order valence-corrected chi connectivity index (χ3v) is 3.68. The van der Waals surface area contributed by atoms with Gasteiger partial charge in [-0.05, 0) is 25.5 Å². The Kier molecular flexibility index (Phi) is 3.87. The largest absolute Gasteiger partial charge is 0.494 e. The van der Waals surface area contributed by atoms with E-state index in [0.717, 1.165) is 5.75 Å². The average molecular weight is 250 g/mol. The van der Waals surface area contributed by atoms with Crippen molar-refractivity contribution in [1.82, 2.24) is 0 Å². The van der Waals surface area contributed by atoms with Crippen LogP contribution >= 0.6 is 0 Å². The third kappa shape index (κ3) is 2.48. The van der Waals surface area contributed by atoms with E-state index in [1.165, 1.54) is 0 Å². The van der Waals surface area contributed by atoms with E-state index < -0.39 is 11.4 Å². The Morgan fingerprint density at radius 3 is 2.78 bits per heavy atom. The molecule has 4 nitrogen and oxygen atoms in total. The van der Waals surface area contributed by atoms with Gasteiger partial charge in [0.1, 0.15) is 5.75 Å². The second-order valence-corrected chi connectivity index (χ2v) is 4.64. The molecule has 0 bridgehead atoms. The number of hydrogen-bond acceptors (Lipinski definition) is 3. The van der Waals surface area contributed by atoms with Crippen LogP contribution in [0.5, 0.6) is 5.75 Å². The first-order valence-electron chi connectivity index (χ1n) is 6.18. The lowest BCUT2D eigenvalue weighted by atomic mass is 9.79. The van der Waals surface area contributed by atoms with E-state index in [1.807, 2.05) is 37.3 Å². The number of ether oxygens (including phenoxy) is 2. The molecule has 18 heavy (non-hydrogen) atoms. The third-order valence-electron chi connectivity index (χ3n) is 3.68. The van der Waals surface area contributed by atoms with Gasteiger partial charge >= 0.3 is 5.97 Å². The van der Waals surface area contributed by atoms with E-state index in [4.69, 9.17) is 9.47 Å². The lowest BCUT2D eigenvalue weighted by molar-refractivity contribution is -0.153. The summed E-state index contributed by atoms with van der Waals surface area (Å²) in [7, 11) is 0. The van der Waals surface area contributed by atoms with Crippen molar-refractivity contribution < 1.29 is 19.4 Å². The van der Waals surface area contributed by atoms with Crippen LogP contribution < -0.4 is 4.74 Å². The molecule has 0 radical (unpaired) electrons. The summed E-state index contributed by atoms with van der Waals surface area (Å²) in [6.45, 7) is 2.73. The number of carboxylic acids is 1. The lowest BCUT2D eigenvalue weighted by Gasteiger charge is -2.27. The average Bonchev–Trinajstić information content (AvgIpc) is 2.73. The molecule has 1 aliphatic heterocycles. The molecule has 1 aliphatic rings. The number of carboxylic acid groups (broad SMARTS) is 1. The monoisotopic (exact) mass is 250 g/mol. The summed E-state index contributed by atoms with van der Waals surface area (Å²) in [5, 5.41) is 9.40. The molecular formula is C14H18O4. The molecule has 1 aromatic carbocycles. The minimum atomic E-state index is -0.797. The predicted molar refractivity (Wildman–Crippen MR) is 66.7 cm³/mol. The normalized spacial score (nSPS) is 27.1. The van der Waals surface area contributed by atoms with Crippen LogP contribution in [0.15, 0.2) is 30.3 Å². The fraction of sp³-hybridized carbons (Fsp3) is 0.500. The van der Waals surface area contributed by atoms with Gasteiger partial charge in [-0.25, -0.2) is 0 Å². The standard InChI is InChI=1S/C14H18O4/c1-11-14(13(15)16,7-9-17-11)8-10-18-12-5-3-2-4-6-12/h2-6,11H,7-10H2,1H3,(H,15,16). The number of para-hydroxylation sites is 1. The number of rotatable bonds is 5. The topological polar surface area (TPSA) is 55.8 Å².